The van der Waals surface area contributed by atoms with Gasteiger partial charge in [0.25, 0.3) is 5.91 Å². The first-order chi connectivity index (χ1) is 8.56. The van der Waals surface area contributed by atoms with Gasteiger partial charge < -0.3 is 5.32 Å². The number of nitrogens with one attached hydrogen (secondary N) is 1. The summed E-state index contributed by atoms with van der Waals surface area (Å²) < 4.78 is 26.4. The molecule has 2 nitrogen and oxygen atoms in total. The molecule has 5 heteroatoms. The Balaban J connectivity index is 2.21. The van der Waals surface area contributed by atoms with E-state index < -0.39 is 17.5 Å². The maximum atomic E-state index is 13.4. The van der Waals surface area contributed by atoms with Gasteiger partial charge >= 0.3 is 0 Å². The summed E-state index contributed by atoms with van der Waals surface area (Å²) in [6.07, 6.45) is 0. The van der Waals surface area contributed by atoms with Crippen molar-refractivity contribution in [2.24, 2.45) is 0 Å². The van der Waals surface area contributed by atoms with Gasteiger partial charge in [0.2, 0.25) is 0 Å². The van der Waals surface area contributed by atoms with E-state index in [-0.39, 0.29) is 16.3 Å². The van der Waals surface area contributed by atoms with Gasteiger partial charge in [-0.15, -0.1) is 0 Å². The van der Waals surface area contributed by atoms with Gasteiger partial charge in [-0.2, -0.15) is 0 Å². The molecule has 2 aromatic rings. The highest BCUT2D eigenvalue weighted by Gasteiger charge is 2.10. The van der Waals surface area contributed by atoms with Crippen LogP contribution in [0.5, 0.6) is 0 Å². The van der Waals surface area contributed by atoms with Crippen LogP contribution in [0.4, 0.5) is 14.5 Å². The van der Waals surface area contributed by atoms with Gasteiger partial charge in [-0.1, -0.05) is 17.7 Å². The van der Waals surface area contributed by atoms with Crippen LogP contribution in [-0.2, 0) is 0 Å². The Morgan fingerprint density at radius 3 is 2.56 bits per heavy atom. The first-order valence-electron chi connectivity index (χ1n) is 5.08. The average molecular weight is 268 g/mol. The van der Waals surface area contributed by atoms with Crippen LogP contribution < -0.4 is 5.32 Å². The average Bonchev–Trinajstić information content (AvgIpc) is 2.32. The van der Waals surface area contributed by atoms with E-state index in [1.165, 1.54) is 30.3 Å². The van der Waals surface area contributed by atoms with Gasteiger partial charge in [0.1, 0.15) is 11.6 Å². The molecular weight excluding hydrogens is 260 g/mol. The van der Waals surface area contributed by atoms with E-state index in [0.717, 1.165) is 12.1 Å². The molecule has 0 bridgehead atoms. The first kappa shape index (κ1) is 12.5. The zero-order valence-electron chi connectivity index (χ0n) is 9.08. The molecule has 0 aromatic heterocycles. The van der Waals surface area contributed by atoms with Crippen molar-refractivity contribution in [3.63, 3.8) is 0 Å². The Morgan fingerprint density at radius 1 is 1.11 bits per heavy atom. The largest absolute Gasteiger partial charge is 0.319 e. The van der Waals surface area contributed by atoms with Gasteiger partial charge in [-0.25, -0.2) is 8.78 Å². The second-order valence-corrected chi connectivity index (χ2v) is 4.03. The minimum absolute atomic E-state index is 0.00587. The molecule has 1 amide bonds. The molecule has 0 aliphatic carbocycles. The molecule has 0 spiro atoms. The molecule has 92 valence electrons. The lowest BCUT2D eigenvalue weighted by Crippen LogP contribution is -2.13. The summed E-state index contributed by atoms with van der Waals surface area (Å²) in [5, 5.41) is 2.57. The maximum absolute atomic E-state index is 13.4. The zero-order valence-corrected chi connectivity index (χ0v) is 9.84. The topological polar surface area (TPSA) is 29.1 Å². The summed E-state index contributed by atoms with van der Waals surface area (Å²) in [6.45, 7) is 0. The second-order valence-electron chi connectivity index (χ2n) is 3.59. The third-order valence-corrected chi connectivity index (χ3v) is 2.50. The zero-order chi connectivity index (χ0) is 13.1. The Labute approximate surface area is 107 Å². The third-order valence-electron chi connectivity index (χ3n) is 2.27. The molecule has 0 fully saturated rings. The number of benzene rings is 2. The normalized spacial score (nSPS) is 10.2. The lowest BCUT2D eigenvalue weighted by molar-refractivity contribution is 0.102. The Bertz CT molecular complexity index is 601. The van der Waals surface area contributed by atoms with Crippen LogP contribution in [0.25, 0.3) is 0 Å². The molecule has 0 heterocycles. The minimum Gasteiger partial charge on any atom is -0.319 e. The predicted octanol–water partition coefficient (Wildman–Crippen LogP) is 3.87. The molecular formula is C13H8ClF2NO. The van der Waals surface area contributed by atoms with Gasteiger partial charge in [0, 0.05) is 10.6 Å². The number of carbonyl (C=O) groups is 1. The highest BCUT2D eigenvalue weighted by atomic mass is 35.5. The molecule has 0 saturated carbocycles. The highest BCUT2D eigenvalue weighted by molar-refractivity contribution is 6.30. The van der Waals surface area contributed by atoms with Crippen molar-refractivity contribution in [1.29, 1.82) is 0 Å². The third kappa shape index (κ3) is 2.84. The summed E-state index contributed by atoms with van der Waals surface area (Å²) in [5.74, 6) is -1.76. The maximum Gasteiger partial charge on any atom is 0.255 e. The van der Waals surface area contributed by atoms with E-state index >= 15 is 0 Å². The Kier molecular flexibility index (Phi) is 3.58. The fraction of sp³-hybridized carbons (Fsp3) is 0. The van der Waals surface area contributed by atoms with Crippen LogP contribution in [0.1, 0.15) is 10.4 Å². The number of hydrogen-bond donors (Lipinski definition) is 1. The van der Waals surface area contributed by atoms with E-state index in [0.29, 0.717) is 0 Å². The monoisotopic (exact) mass is 267 g/mol. The lowest BCUT2D eigenvalue weighted by Gasteiger charge is -2.06. The van der Waals surface area contributed by atoms with E-state index in [2.05, 4.69) is 5.32 Å². The van der Waals surface area contributed by atoms with Crippen LogP contribution in [0.3, 0.4) is 0 Å². The van der Waals surface area contributed by atoms with Gasteiger partial charge in [0.05, 0.1) is 5.69 Å². The number of amides is 1. The predicted molar refractivity (Wildman–Crippen MR) is 65.8 cm³/mol. The smallest absolute Gasteiger partial charge is 0.255 e. The molecule has 0 unspecified atom stereocenters. The van der Waals surface area contributed by atoms with E-state index in [4.69, 9.17) is 11.6 Å². The van der Waals surface area contributed by atoms with Crippen molar-refractivity contribution in [2.45, 2.75) is 0 Å². The molecule has 18 heavy (non-hydrogen) atoms. The molecule has 2 rings (SSSR count). The summed E-state index contributed by atoms with van der Waals surface area (Å²) in [4.78, 5) is 11.7. The summed E-state index contributed by atoms with van der Waals surface area (Å²) >= 11 is 5.59. The van der Waals surface area contributed by atoms with Crippen LogP contribution in [0, 0.1) is 11.6 Å². The SMILES string of the molecule is O=C(Nc1ccc(Cl)cc1F)c1cccc(F)c1. The van der Waals surface area contributed by atoms with Crippen LogP contribution >= 0.6 is 11.6 Å². The Hall–Kier alpha value is -1.94. The molecule has 1 N–H and O–H groups in total. The second kappa shape index (κ2) is 5.14. The van der Waals surface area contributed by atoms with Crippen molar-refractivity contribution >= 4 is 23.2 Å². The van der Waals surface area contributed by atoms with Crippen molar-refractivity contribution in [2.75, 3.05) is 5.32 Å². The summed E-state index contributed by atoms with van der Waals surface area (Å²) in [7, 11) is 0. The van der Waals surface area contributed by atoms with Gasteiger partial charge in [-0.05, 0) is 36.4 Å². The van der Waals surface area contributed by atoms with Gasteiger partial charge in [0.15, 0.2) is 0 Å². The number of rotatable bonds is 2. The molecule has 0 aliphatic heterocycles. The van der Waals surface area contributed by atoms with Crippen LogP contribution in [0.2, 0.25) is 5.02 Å². The highest BCUT2D eigenvalue weighted by Crippen LogP contribution is 2.19. The molecule has 0 aliphatic rings. The fourth-order valence-corrected chi connectivity index (χ4v) is 1.57. The van der Waals surface area contributed by atoms with E-state index in [9.17, 15) is 13.6 Å². The molecule has 2 aromatic carbocycles. The number of carbonyl (C=O) groups excluding carboxylic acids is 1. The lowest BCUT2D eigenvalue weighted by atomic mass is 10.2. The summed E-state index contributed by atoms with van der Waals surface area (Å²) in [5.41, 5.74) is 0.109. The van der Waals surface area contributed by atoms with Crippen molar-refractivity contribution in [1.82, 2.24) is 0 Å². The van der Waals surface area contributed by atoms with Crippen molar-refractivity contribution < 1.29 is 13.6 Å². The molecule has 0 radical (unpaired) electrons. The van der Waals surface area contributed by atoms with E-state index in [1.807, 2.05) is 0 Å². The quantitative estimate of drug-likeness (QED) is 0.879. The number of anilines is 1. The van der Waals surface area contributed by atoms with Gasteiger partial charge in [-0.3, -0.25) is 4.79 Å². The summed E-state index contributed by atoms with van der Waals surface area (Å²) in [6, 6.07) is 9.01. The van der Waals surface area contributed by atoms with Crippen molar-refractivity contribution in [3.05, 3.63) is 64.7 Å². The number of hydrogen-bond acceptors (Lipinski definition) is 1. The number of halogens is 3. The van der Waals surface area contributed by atoms with Crippen LogP contribution in [-0.4, -0.2) is 5.91 Å². The van der Waals surface area contributed by atoms with Crippen LogP contribution in [0.15, 0.2) is 42.5 Å². The first-order valence-corrected chi connectivity index (χ1v) is 5.46. The molecule has 0 saturated heterocycles. The van der Waals surface area contributed by atoms with Crippen molar-refractivity contribution in [3.8, 4) is 0 Å². The van der Waals surface area contributed by atoms with E-state index in [1.54, 1.807) is 0 Å². The minimum atomic E-state index is -0.646. The Morgan fingerprint density at radius 2 is 1.89 bits per heavy atom. The standard InChI is InChI=1S/C13H8ClF2NO/c14-9-4-5-12(11(16)7-9)17-13(18)8-2-1-3-10(15)6-8/h1-7H,(H,17,18). The molecule has 0 atom stereocenters. The fourth-order valence-electron chi connectivity index (χ4n) is 1.42.